The van der Waals surface area contributed by atoms with Crippen LogP contribution in [0.15, 0.2) is 53.4 Å². The third-order valence-electron chi connectivity index (χ3n) is 4.84. The molecule has 1 saturated heterocycles. The Bertz CT molecular complexity index is 928. The second-order valence-corrected chi connectivity index (χ2v) is 7.37. The first-order chi connectivity index (χ1) is 12.1. The van der Waals surface area contributed by atoms with Gasteiger partial charge < -0.3 is 5.32 Å². The normalized spacial score (nSPS) is 18.6. The summed E-state index contributed by atoms with van der Waals surface area (Å²) in [6.45, 7) is 2.92. The highest BCUT2D eigenvalue weighted by molar-refractivity contribution is 7.80. The lowest BCUT2D eigenvalue weighted by atomic mass is 9.96. The molecule has 0 radical (unpaired) electrons. The molecule has 0 amide bonds. The van der Waals surface area contributed by atoms with Crippen LogP contribution in [0.4, 0.5) is 0 Å². The first kappa shape index (κ1) is 16.9. The number of nitrogens with one attached hydrogen (secondary N) is 1. The van der Waals surface area contributed by atoms with Crippen molar-refractivity contribution in [2.45, 2.75) is 10.9 Å². The summed E-state index contributed by atoms with van der Waals surface area (Å²) in [6.07, 6.45) is 0. The summed E-state index contributed by atoms with van der Waals surface area (Å²) >= 11 is 10.7. The van der Waals surface area contributed by atoms with Crippen molar-refractivity contribution >= 4 is 35.1 Å². The number of nitrogens with zero attached hydrogens (tertiary/aromatic N) is 2. The van der Waals surface area contributed by atoms with Crippen LogP contribution < -0.4 is 5.32 Å². The fraction of sp³-hybridized carbons (Fsp3) is 0.250. The van der Waals surface area contributed by atoms with Crippen molar-refractivity contribution in [2.24, 2.45) is 0 Å². The third kappa shape index (κ3) is 3.27. The van der Waals surface area contributed by atoms with Crippen molar-refractivity contribution in [3.63, 3.8) is 0 Å². The number of pyridine rings is 1. The highest BCUT2D eigenvalue weighted by Gasteiger charge is 2.25. The molecule has 3 nitrogen and oxygen atoms in total. The summed E-state index contributed by atoms with van der Waals surface area (Å²) in [6, 6.07) is 16.7. The molecule has 0 saturated carbocycles. The summed E-state index contributed by atoms with van der Waals surface area (Å²) in [5.74, 6) is 0. The zero-order chi connectivity index (χ0) is 17.4. The number of thiol groups is 1. The maximum absolute atomic E-state index is 6.16. The molecule has 2 heterocycles. The Morgan fingerprint density at radius 3 is 2.84 bits per heavy atom. The Hall–Kier alpha value is -1.59. The average Bonchev–Trinajstić information content (AvgIpc) is 2.63. The molecule has 128 valence electrons. The van der Waals surface area contributed by atoms with Gasteiger partial charge in [-0.2, -0.15) is 0 Å². The molecule has 1 atom stereocenters. The van der Waals surface area contributed by atoms with Gasteiger partial charge in [0, 0.05) is 35.5 Å². The first-order valence-electron chi connectivity index (χ1n) is 8.43. The van der Waals surface area contributed by atoms with E-state index in [4.69, 9.17) is 16.6 Å². The molecule has 0 spiro atoms. The van der Waals surface area contributed by atoms with Crippen LogP contribution in [0, 0.1) is 0 Å². The maximum atomic E-state index is 6.16. The molecule has 0 bridgehead atoms. The highest BCUT2D eigenvalue weighted by Crippen LogP contribution is 2.35. The quantitative estimate of drug-likeness (QED) is 0.655. The molecule has 1 N–H and O–H groups in total. The minimum Gasteiger partial charge on any atom is -0.313 e. The highest BCUT2D eigenvalue weighted by atomic mass is 35.5. The lowest BCUT2D eigenvalue weighted by Gasteiger charge is -2.34. The van der Waals surface area contributed by atoms with E-state index in [-0.39, 0.29) is 6.04 Å². The molecule has 1 unspecified atom stereocenters. The number of fused-ring (bicyclic) bond motifs is 1. The van der Waals surface area contributed by atoms with Gasteiger partial charge in [0.2, 0.25) is 0 Å². The molecule has 1 aliphatic heterocycles. The fourth-order valence-electron chi connectivity index (χ4n) is 3.41. The van der Waals surface area contributed by atoms with Crippen LogP contribution in [0.3, 0.4) is 0 Å². The Kier molecular flexibility index (Phi) is 4.69. The Morgan fingerprint density at radius 1 is 1.20 bits per heavy atom. The molecular weight excluding hydrogens is 350 g/mol. The van der Waals surface area contributed by atoms with Gasteiger partial charge in [0.25, 0.3) is 0 Å². The number of hydrogen-bond acceptors (Lipinski definition) is 4. The molecule has 0 aliphatic carbocycles. The van der Waals surface area contributed by atoms with Gasteiger partial charge in [-0.05, 0) is 36.9 Å². The van der Waals surface area contributed by atoms with E-state index in [0.29, 0.717) is 5.02 Å². The van der Waals surface area contributed by atoms with Crippen molar-refractivity contribution in [1.82, 2.24) is 15.2 Å². The lowest BCUT2D eigenvalue weighted by Crippen LogP contribution is -2.44. The van der Waals surface area contributed by atoms with E-state index in [1.54, 1.807) is 0 Å². The van der Waals surface area contributed by atoms with Gasteiger partial charge >= 0.3 is 0 Å². The maximum Gasteiger partial charge on any atom is 0.0706 e. The topological polar surface area (TPSA) is 28.2 Å². The van der Waals surface area contributed by atoms with Crippen LogP contribution in [0.25, 0.3) is 22.0 Å². The molecule has 5 heteroatoms. The van der Waals surface area contributed by atoms with Gasteiger partial charge in [-0.25, -0.2) is 0 Å². The molecule has 1 fully saturated rings. The van der Waals surface area contributed by atoms with E-state index >= 15 is 0 Å². The Labute approximate surface area is 158 Å². The SMILES string of the molecule is CN1CCNCC1c1nc2ccccc2cc1-c1ccc(Cl)c(S)c1. The summed E-state index contributed by atoms with van der Waals surface area (Å²) in [4.78, 5) is 8.19. The number of rotatable bonds is 2. The third-order valence-corrected chi connectivity index (χ3v) is 5.67. The van der Waals surface area contributed by atoms with E-state index in [9.17, 15) is 0 Å². The minimum absolute atomic E-state index is 0.243. The van der Waals surface area contributed by atoms with Crippen LogP contribution >= 0.6 is 24.2 Å². The minimum atomic E-state index is 0.243. The predicted molar refractivity (Wildman–Crippen MR) is 108 cm³/mol. The summed E-state index contributed by atoms with van der Waals surface area (Å²) < 4.78 is 0. The van der Waals surface area contributed by atoms with Gasteiger partial charge in [-0.3, -0.25) is 9.88 Å². The molecule has 25 heavy (non-hydrogen) atoms. The lowest BCUT2D eigenvalue weighted by molar-refractivity contribution is 0.199. The van der Waals surface area contributed by atoms with Crippen molar-refractivity contribution in [1.29, 1.82) is 0 Å². The number of para-hydroxylation sites is 1. The Morgan fingerprint density at radius 2 is 2.04 bits per heavy atom. The number of hydrogen-bond donors (Lipinski definition) is 2. The number of piperazine rings is 1. The average molecular weight is 370 g/mol. The predicted octanol–water partition coefficient (Wildman–Crippen LogP) is 4.42. The monoisotopic (exact) mass is 369 g/mol. The number of aromatic nitrogens is 1. The Balaban J connectivity index is 1.93. The van der Waals surface area contributed by atoms with Crippen LogP contribution in [-0.4, -0.2) is 36.6 Å². The molecule has 1 aliphatic rings. The second kappa shape index (κ2) is 6.96. The first-order valence-corrected chi connectivity index (χ1v) is 9.25. The van der Waals surface area contributed by atoms with Gasteiger partial charge in [0.05, 0.1) is 22.3 Å². The van der Waals surface area contributed by atoms with Crippen LogP contribution in [0.5, 0.6) is 0 Å². The van der Waals surface area contributed by atoms with Crippen molar-refractivity contribution in [3.05, 3.63) is 59.2 Å². The number of likely N-dealkylation sites (N-methyl/N-ethyl adjacent to an activating group) is 1. The summed E-state index contributed by atoms with van der Waals surface area (Å²) in [7, 11) is 2.16. The van der Waals surface area contributed by atoms with E-state index in [2.05, 4.69) is 48.1 Å². The van der Waals surface area contributed by atoms with Crippen LogP contribution in [-0.2, 0) is 0 Å². The van der Waals surface area contributed by atoms with Gasteiger partial charge in [-0.1, -0.05) is 35.9 Å². The zero-order valence-corrected chi connectivity index (χ0v) is 15.7. The van der Waals surface area contributed by atoms with E-state index < -0.39 is 0 Å². The molecular formula is C20H20ClN3S. The van der Waals surface area contributed by atoms with E-state index in [1.165, 1.54) is 0 Å². The largest absolute Gasteiger partial charge is 0.313 e. The molecule has 3 aromatic rings. The second-order valence-electron chi connectivity index (χ2n) is 6.48. The molecule has 4 rings (SSSR count). The standard InChI is InChI=1S/C20H20ClN3S/c1-24-9-8-22-12-18(24)20-15(13-6-7-16(21)19(25)11-13)10-14-4-2-3-5-17(14)23-20/h2-7,10-11,18,22,25H,8-9,12H2,1H3. The molecule has 2 aromatic carbocycles. The van der Waals surface area contributed by atoms with Gasteiger partial charge in [-0.15, -0.1) is 12.6 Å². The molecule has 1 aromatic heterocycles. The van der Waals surface area contributed by atoms with E-state index in [0.717, 1.165) is 52.3 Å². The smallest absolute Gasteiger partial charge is 0.0706 e. The zero-order valence-electron chi connectivity index (χ0n) is 14.0. The van der Waals surface area contributed by atoms with Crippen LogP contribution in [0.2, 0.25) is 5.02 Å². The number of halogens is 1. The summed E-state index contributed by atoms with van der Waals surface area (Å²) in [5.41, 5.74) is 4.37. The van der Waals surface area contributed by atoms with Crippen molar-refractivity contribution in [3.8, 4) is 11.1 Å². The number of benzene rings is 2. The van der Waals surface area contributed by atoms with Crippen LogP contribution in [0.1, 0.15) is 11.7 Å². The fourth-order valence-corrected chi connectivity index (χ4v) is 3.74. The van der Waals surface area contributed by atoms with Crippen molar-refractivity contribution < 1.29 is 0 Å². The van der Waals surface area contributed by atoms with E-state index in [1.807, 2.05) is 30.3 Å². The van der Waals surface area contributed by atoms with Gasteiger partial charge in [0.1, 0.15) is 0 Å². The van der Waals surface area contributed by atoms with Gasteiger partial charge in [0.15, 0.2) is 0 Å². The van der Waals surface area contributed by atoms with Crippen molar-refractivity contribution in [2.75, 3.05) is 26.7 Å². The summed E-state index contributed by atoms with van der Waals surface area (Å²) in [5, 5.41) is 5.30.